The zero-order valence-corrected chi connectivity index (χ0v) is 23.7. The van der Waals surface area contributed by atoms with Crippen LogP contribution in [0.15, 0.2) is 43.0 Å². The van der Waals surface area contributed by atoms with Crippen molar-refractivity contribution in [1.29, 1.82) is 0 Å². The van der Waals surface area contributed by atoms with Crippen molar-refractivity contribution in [2.24, 2.45) is 11.3 Å². The van der Waals surface area contributed by atoms with Crippen molar-refractivity contribution in [3.05, 3.63) is 93.1 Å². The van der Waals surface area contributed by atoms with E-state index in [2.05, 4.69) is 31.7 Å². The molecule has 1 saturated carbocycles. The highest BCUT2D eigenvalue weighted by Gasteiger charge is 2.65. The number of hydrogen-bond donors (Lipinski definition) is 3. The quantitative estimate of drug-likeness (QED) is 0.336. The van der Waals surface area contributed by atoms with Gasteiger partial charge in [0.1, 0.15) is 22.9 Å². The zero-order chi connectivity index (χ0) is 28.3. The maximum absolute atomic E-state index is 14.1. The minimum atomic E-state index is -1.27. The summed E-state index contributed by atoms with van der Waals surface area (Å²) >= 11 is 0. The summed E-state index contributed by atoms with van der Waals surface area (Å²) in [5.74, 6) is 0.331. The van der Waals surface area contributed by atoms with Crippen LogP contribution in [0.25, 0.3) is 22.8 Å². The summed E-state index contributed by atoms with van der Waals surface area (Å²) in [5.41, 5.74) is 10.4. The molecule has 40 heavy (non-hydrogen) atoms. The SMILES string of the molecule is C=Cc1c(C)c(O)cc2c1C1=C[C@@H]3C(=O)[C@@](C)(CC3c3cc4c(cc3C)CCc3c-4ccc(O)c3C)C1(O)CC2. The first-order valence-electron chi connectivity index (χ1n) is 14.4. The van der Waals surface area contributed by atoms with Crippen LogP contribution in [0.1, 0.15) is 75.8 Å². The lowest BCUT2D eigenvalue weighted by molar-refractivity contribution is -0.139. The number of aliphatic hydroxyl groups is 1. The van der Waals surface area contributed by atoms with Gasteiger partial charge in [0.2, 0.25) is 0 Å². The Morgan fingerprint density at radius 1 is 0.950 bits per heavy atom. The normalized spacial score (nSPS) is 27.8. The number of carbonyl (C=O) groups is 1. The van der Waals surface area contributed by atoms with E-state index >= 15 is 0 Å². The van der Waals surface area contributed by atoms with Crippen molar-refractivity contribution in [3.8, 4) is 22.6 Å². The molecule has 2 unspecified atom stereocenters. The summed E-state index contributed by atoms with van der Waals surface area (Å²) in [4.78, 5) is 14.1. The topological polar surface area (TPSA) is 77.8 Å². The number of phenols is 2. The molecule has 3 N–H and O–H groups in total. The fourth-order valence-electron chi connectivity index (χ4n) is 8.55. The number of allylic oxidation sites excluding steroid dienone is 1. The van der Waals surface area contributed by atoms with E-state index in [-0.39, 0.29) is 23.4 Å². The van der Waals surface area contributed by atoms with Gasteiger partial charge in [0.25, 0.3) is 0 Å². The predicted octanol–water partition coefficient (Wildman–Crippen LogP) is 6.89. The molecule has 204 valence electrons. The van der Waals surface area contributed by atoms with Gasteiger partial charge in [-0.15, -0.1) is 0 Å². The van der Waals surface area contributed by atoms with Crippen LogP contribution >= 0.6 is 0 Å². The molecule has 4 aliphatic rings. The Hall–Kier alpha value is -3.63. The number of carbonyl (C=O) groups excluding carboxylic acids is 1. The highest BCUT2D eigenvalue weighted by Crippen LogP contribution is 2.64. The number of hydrogen-bond acceptors (Lipinski definition) is 4. The van der Waals surface area contributed by atoms with Gasteiger partial charge >= 0.3 is 0 Å². The van der Waals surface area contributed by atoms with Crippen molar-refractivity contribution in [3.63, 3.8) is 0 Å². The van der Waals surface area contributed by atoms with Gasteiger partial charge in [-0.05, 0) is 145 Å². The molecule has 0 aromatic heterocycles. The summed E-state index contributed by atoms with van der Waals surface area (Å²) in [7, 11) is 0. The maximum Gasteiger partial charge on any atom is 0.149 e. The first kappa shape index (κ1) is 25.3. The van der Waals surface area contributed by atoms with Gasteiger partial charge in [-0.25, -0.2) is 0 Å². The molecule has 3 aromatic rings. The van der Waals surface area contributed by atoms with Crippen molar-refractivity contribution in [2.75, 3.05) is 0 Å². The second-order valence-corrected chi connectivity index (χ2v) is 12.7. The monoisotopic (exact) mass is 532 g/mol. The van der Waals surface area contributed by atoms with Crippen LogP contribution in [0, 0.1) is 32.1 Å². The third-order valence-corrected chi connectivity index (χ3v) is 10.9. The van der Waals surface area contributed by atoms with Crippen LogP contribution in [0.3, 0.4) is 0 Å². The highest BCUT2D eigenvalue weighted by atomic mass is 16.3. The fourth-order valence-corrected chi connectivity index (χ4v) is 8.55. The van der Waals surface area contributed by atoms with Gasteiger partial charge in [0.05, 0.1) is 5.41 Å². The van der Waals surface area contributed by atoms with E-state index in [1.54, 1.807) is 12.1 Å². The summed E-state index contributed by atoms with van der Waals surface area (Å²) in [6.45, 7) is 12.0. The van der Waals surface area contributed by atoms with Crippen LogP contribution in [0.5, 0.6) is 11.5 Å². The van der Waals surface area contributed by atoms with Crippen LogP contribution in [0.2, 0.25) is 0 Å². The van der Waals surface area contributed by atoms with E-state index < -0.39 is 11.0 Å². The lowest BCUT2D eigenvalue weighted by Gasteiger charge is -2.49. The Bertz CT molecular complexity index is 1710. The number of aromatic hydroxyl groups is 2. The molecule has 4 nitrogen and oxygen atoms in total. The average molecular weight is 533 g/mol. The molecular formula is C36H36O4. The molecule has 0 aliphatic heterocycles. The number of benzene rings is 3. The fraction of sp³-hybridized carbons (Fsp3) is 0.361. The molecule has 2 bridgehead atoms. The van der Waals surface area contributed by atoms with E-state index in [1.165, 1.54) is 33.4 Å². The van der Waals surface area contributed by atoms with Crippen LogP contribution in [-0.4, -0.2) is 26.7 Å². The second kappa shape index (κ2) is 8.20. The molecular weight excluding hydrogens is 496 g/mol. The average Bonchev–Trinajstić information content (AvgIpc) is 3.12. The lowest BCUT2D eigenvalue weighted by atomic mass is 9.57. The van der Waals surface area contributed by atoms with Crippen molar-refractivity contribution >= 4 is 17.4 Å². The van der Waals surface area contributed by atoms with Crippen LogP contribution in [0.4, 0.5) is 0 Å². The van der Waals surface area contributed by atoms with Gasteiger partial charge in [-0.2, -0.15) is 0 Å². The van der Waals surface area contributed by atoms with E-state index in [0.717, 1.165) is 46.2 Å². The number of aryl methyl sites for hydroxylation is 3. The van der Waals surface area contributed by atoms with Gasteiger partial charge in [-0.3, -0.25) is 4.79 Å². The molecule has 0 spiro atoms. The van der Waals surface area contributed by atoms with Gasteiger partial charge < -0.3 is 15.3 Å². The second-order valence-electron chi connectivity index (χ2n) is 12.7. The zero-order valence-electron chi connectivity index (χ0n) is 23.7. The van der Waals surface area contributed by atoms with Crippen molar-refractivity contribution in [1.82, 2.24) is 0 Å². The Morgan fingerprint density at radius 2 is 1.73 bits per heavy atom. The molecule has 7 rings (SSSR count). The Labute approximate surface area is 235 Å². The van der Waals surface area contributed by atoms with Crippen LogP contribution in [-0.2, 0) is 24.1 Å². The Balaban J connectivity index is 1.41. The smallest absolute Gasteiger partial charge is 0.149 e. The first-order chi connectivity index (χ1) is 19.0. The van der Waals surface area contributed by atoms with Gasteiger partial charge in [0.15, 0.2) is 0 Å². The van der Waals surface area contributed by atoms with Gasteiger partial charge in [0, 0.05) is 5.92 Å². The van der Waals surface area contributed by atoms with Crippen LogP contribution < -0.4 is 0 Å². The van der Waals surface area contributed by atoms with E-state index in [0.29, 0.717) is 25.0 Å². The third kappa shape index (κ3) is 3.03. The standard InChI is InChI=1S/C36H36O4/c1-6-23-19(3)32(38)14-22-11-12-36(40)30(33(22)23)16-28-29(17-35(36,5)34(28)39)26-15-27-21(13-18(26)2)7-8-24-20(4)31(37)10-9-25(24)27/h6,9-10,13-16,28-29,37-38,40H,1,7-8,11-12,17H2,2-5H3/t28-,29?,35+,36?/m0/s1. The molecule has 1 fully saturated rings. The molecule has 4 heteroatoms. The first-order valence-corrected chi connectivity index (χ1v) is 14.4. The van der Waals surface area contributed by atoms with Gasteiger partial charge in [-0.1, -0.05) is 36.9 Å². The lowest BCUT2D eigenvalue weighted by Crippen LogP contribution is -2.54. The summed E-state index contributed by atoms with van der Waals surface area (Å²) in [6, 6.07) is 10.2. The summed E-state index contributed by atoms with van der Waals surface area (Å²) in [5, 5.41) is 33.3. The number of ketones is 1. The molecule has 3 aromatic carbocycles. The number of phenolic OH excluding ortho intramolecular Hbond substituents is 2. The van der Waals surface area contributed by atoms with E-state index in [9.17, 15) is 20.1 Å². The van der Waals surface area contributed by atoms with Crippen molar-refractivity contribution < 1.29 is 20.1 Å². The Kier molecular flexibility index (Phi) is 5.20. The van der Waals surface area contributed by atoms with Crippen molar-refractivity contribution in [2.45, 2.75) is 71.3 Å². The molecule has 0 radical (unpaired) electrons. The largest absolute Gasteiger partial charge is 0.508 e. The van der Waals surface area contributed by atoms with E-state index in [4.69, 9.17) is 0 Å². The minimum absolute atomic E-state index is 0.0395. The number of fused-ring (bicyclic) bond motifs is 9. The highest BCUT2D eigenvalue weighted by molar-refractivity contribution is 6.02. The molecule has 0 heterocycles. The molecule has 4 atom stereocenters. The maximum atomic E-state index is 14.1. The summed E-state index contributed by atoms with van der Waals surface area (Å²) < 4.78 is 0. The number of rotatable bonds is 2. The number of Topliss-reactive ketones (excluding diaryl/α,β-unsaturated/α-hetero) is 1. The Morgan fingerprint density at radius 3 is 2.48 bits per heavy atom. The molecule has 0 amide bonds. The minimum Gasteiger partial charge on any atom is -0.508 e. The molecule has 4 aliphatic carbocycles. The predicted molar refractivity (Wildman–Crippen MR) is 159 cm³/mol. The third-order valence-electron chi connectivity index (χ3n) is 10.9. The van der Waals surface area contributed by atoms with E-state index in [1.807, 2.05) is 32.9 Å². The molecule has 0 saturated heterocycles. The summed E-state index contributed by atoms with van der Waals surface area (Å²) in [6.07, 6.45) is 7.28.